The molecule has 2 aromatic rings. The van der Waals surface area contributed by atoms with Gasteiger partial charge in [-0.1, -0.05) is 0 Å². The quantitative estimate of drug-likeness (QED) is 0.806. The van der Waals surface area contributed by atoms with E-state index in [1.807, 2.05) is 0 Å². The van der Waals surface area contributed by atoms with Crippen molar-refractivity contribution >= 4 is 5.91 Å². The van der Waals surface area contributed by atoms with Crippen molar-refractivity contribution < 1.29 is 18.0 Å². The van der Waals surface area contributed by atoms with E-state index in [0.29, 0.717) is 24.8 Å². The lowest BCUT2D eigenvalue weighted by molar-refractivity contribution is -0.121. The van der Waals surface area contributed by atoms with Crippen molar-refractivity contribution in [2.24, 2.45) is 5.92 Å². The Morgan fingerprint density at radius 2 is 2.28 bits per heavy atom. The molecule has 1 aliphatic heterocycles. The second-order valence-electron chi connectivity index (χ2n) is 6.24. The lowest BCUT2D eigenvalue weighted by Gasteiger charge is -2.08. The van der Waals surface area contributed by atoms with Gasteiger partial charge in [0.25, 0.3) is 0 Å². The van der Waals surface area contributed by atoms with Gasteiger partial charge in [0.2, 0.25) is 5.91 Å². The second-order valence-corrected chi connectivity index (χ2v) is 6.24. The Balaban J connectivity index is 1.45. The number of nitrogens with one attached hydrogen (secondary N) is 2. The number of amides is 1. The fourth-order valence-electron chi connectivity index (χ4n) is 2.93. The second kappa shape index (κ2) is 8.20. The first-order valence-electron chi connectivity index (χ1n) is 8.49. The summed E-state index contributed by atoms with van der Waals surface area (Å²) >= 11 is 0. The van der Waals surface area contributed by atoms with Crippen LogP contribution >= 0.6 is 0 Å². The SMILES string of the molecule is O=C(CCc1ncc(-c2ccc(F)cc2F)o1)NCCC1CCNC1. The zero-order chi connectivity index (χ0) is 17.6. The molecule has 1 atom stereocenters. The fourth-order valence-corrected chi connectivity index (χ4v) is 2.93. The van der Waals surface area contributed by atoms with Crippen LogP contribution in [0.5, 0.6) is 0 Å². The minimum atomic E-state index is -0.707. The first kappa shape index (κ1) is 17.5. The molecule has 1 unspecified atom stereocenters. The summed E-state index contributed by atoms with van der Waals surface area (Å²) in [5, 5.41) is 6.19. The molecule has 5 nitrogen and oxygen atoms in total. The highest BCUT2D eigenvalue weighted by Crippen LogP contribution is 2.24. The lowest BCUT2D eigenvalue weighted by atomic mass is 10.1. The number of hydrogen-bond acceptors (Lipinski definition) is 4. The Kier molecular flexibility index (Phi) is 5.75. The van der Waals surface area contributed by atoms with E-state index < -0.39 is 11.6 Å². The number of hydrogen-bond donors (Lipinski definition) is 2. The van der Waals surface area contributed by atoms with Crippen LogP contribution in [0.25, 0.3) is 11.3 Å². The molecule has 2 heterocycles. The summed E-state index contributed by atoms with van der Waals surface area (Å²) in [5.74, 6) is -0.192. The van der Waals surface area contributed by atoms with Gasteiger partial charge in [-0.05, 0) is 44.0 Å². The molecule has 1 amide bonds. The first-order valence-corrected chi connectivity index (χ1v) is 8.49. The number of rotatable bonds is 7. The molecule has 3 rings (SSSR count). The van der Waals surface area contributed by atoms with Crippen molar-refractivity contribution in [2.45, 2.75) is 25.7 Å². The monoisotopic (exact) mass is 349 g/mol. The number of nitrogens with zero attached hydrogens (tertiary/aromatic N) is 1. The first-order chi connectivity index (χ1) is 12.1. The number of halogens is 2. The van der Waals surface area contributed by atoms with Gasteiger partial charge >= 0.3 is 0 Å². The Morgan fingerprint density at radius 3 is 3.04 bits per heavy atom. The summed E-state index contributed by atoms with van der Waals surface area (Å²) < 4.78 is 32.1. The minimum absolute atomic E-state index is 0.0568. The van der Waals surface area contributed by atoms with Crippen molar-refractivity contribution in [1.29, 1.82) is 0 Å². The maximum absolute atomic E-state index is 13.7. The normalized spacial score (nSPS) is 17.0. The molecule has 0 bridgehead atoms. The number of carbonyl (C=O) groups is 1. The van der Waals surface area contributed by atoms with Gasteiger partial charge in [-0.25, -0.2) is 13.8 Å². The molecule has 0 saturated carbocycles. The van der Waals surface area contributed by atoms with Gasteiger partial charge in [-0.2, -0.15) is 0 Å². The summed E-state index contributed by atoms with van der Waals surface area (Å²) in [6.45, 7) is 2.75. The van der Waals surface area contributed by atoms with E-state index in [1.54, 1.807) is 0 Å². The van der Waals surface area contributed by atoms with Crippen molar-refractivity contribution in [3.05, 3.63) is 41.9 Å². The van der Waals surface area contributed by atoms with Gasteiger partial charge < -0.3 is 15.1 Å². The van der Waals surface area contributed by atoms with E-state index >= 15 is 0 Å². The van der Waals surface area contributed by atoms with E-state index in [9.17, 15) is 13.6 Å². The van der Waals surface area contributed by atoms with Crippen LogP contribution in [0.4, 0.5) is 8.78 Å². The topological polar surface area (TPSA) is 67.2 Å². The van der Waals surface area contributed by atoms with Crippen LogP contribution in [-0.2, 0) is 11.2 Å². The van der Waals surface area contributed by atoms with E-state index in [0.717, 1.165) is 38.1 Å². The Labute approximate surface area is 144 Å². The highest BCUT2D eigenvalue weighted by molar-refractivity contribution is 5.76. The number of aromatic nitrogens is 1. The van der Waals surface area contributed by atoms with Crippen molar-refractivity contribution in [1.82, 2.24) is 15.6 Å². The molecule has 0 radical (unpaired) electrons. The number of benzene rings is 1. The number of aryl methyl sites for hydroxylation is 1. The van der Waals surface area contributed by atoms with Crippen LogP contribution in [0.2, 0.25) is 0 Å². The third kappa shape index (κ3) is 4.85. The highest BCUT2D eigenvalue weighted by Gasteiger charge is 2.15. The minimum Gasteiger partial charge on any atom is -0.441 e. The van der Waals surface area contributed by atoms with Crippen LogP contribution in [-0.4, -0.2) is 30.5 Å². The van der Waals surface area contributed by atoms with Gasteiger partial charge in [0, 0.05) is 25.5 Å². The highest BCUT2D eigenvalue weighted by atomic mass is 19.1. The van der Waals surface area contributed by atoms with Crippen LogP contribution in [0.3, 0.4) is 0 Å². The molecule has 1 aromatic heterocycles. The molecule has 134 valence electrons. The molecule has 0 spiro atoms. The third-order valence-electron chi connectivity index (χ3n) is 4.35. The number of carbonyl (C=O) groups excluding carboxylic acids is 1. The average molecular weight is 349 g/mol. The number of oxazole rings is 1. The van der Waals surface area contributed by atoms with Crippen molar-refractivity contribution in [2.75, 3.05) is 19.6 Å². The summed E-state index contributed by atoms with van der Waals surface area (Å²) in [7, 11) is 0. The molecule has 1 aromatic carbocycles. The van der Waals surface area contributed by atoms with Crippen molar-refractivity contribution in [3.8, 4) is 11.3 Å². The van der Waals surface area contributed by atoms with Gasteiger partial charge in [0.1, 0.15) is 11.6 Å². The summed E-state index contributed by atoms with van der Waals surface area (Å²) in [6.07, 6.45) is 4.12. The van der Waals surface area contributed by atoms with Crippen molar-refractivity contribution in [3.63, 3.8) is 0 Å². The molecular weight excluding hydrogens is 328 g/mol. The Bertz CT molecular complexity index is 727. The molecule has 1 saturated heterocycles. The lowest BCUT2D eigenvalue weighted by Crippen LogP contribution is -2.26. The maximum Gasteiger partial charge on any atom is 0.220 e. The van der Waals surface area contributed by atoms with E-state index in [1.165, 1.54) is 12.3 Å². The van der Waals surface area contributed by atoms with E-state index in [2.05, 4.69) is 15.6 Å². The van der Waals surface area contributed by atoms with Gasteiger partial charge in [-0.3, -0.25) is 4.79 Å². The summed E-state index contributed by atoms with van der Waals surface area (Å²) in [6, 6.07) is 3.26. The zero-order valence-electron chi connectivity index (χ0n) is 13.9. The van der Waals surface area contributed by atoms with E-state index in [-0.39, 0.29) is 23.7 Å². The average Bonchev–Trinajstić information content (AvgIpc) is 3.25. The maximum atomic E-state index is 13.7. The van der Waals surface area contributed by atoms with Crippen LogP contribution in [0.1, 0.15) is 25.2 Å². The molecule has 7 heteroatoms. The van der Waals surface area contributed by atoms with Gasteiger partial charge in [-0.15, -0.1) is 0 Å². The van der Waals surface area contributed by atoms with Crippen LogP contribution in [0, 0.1) is 17.6 Å². The largest absolute Gasteiger partial charge is 0.441 e. The van der Waals surface area contributed by atoms with E-state index in [4.69, 9.17) is 4.42 Å². The summed E-state index contributed by atoms with van der Waals surface area (Å²) in [5.41, 5.74) is 0.148. The van der Waals surface area contributed by atoms with Gasteiger partial charge in [0.05, 0.1) is 11.8 Å². The van der Waals surface area contributed by atoms with Gasteiger partial charge in [0.15, 0.2) is 11.7 Å². The molecule has 1 fully saturated rings. The molecule has 2 N–H and O–H groups in total. The fraction of sp³-hybridized carbons (Fsp3) is 0.444. The zero-order valence-corrected chi connectivity index (χ0v) is 13.9. The smallest absolute Gasteiger partial charge is 0.220 e. The molecule has 0 aliphatic carbocycles. The molecule has 25 heavy (non-hydrogen) atoms. The Morgan fingerprint density at radius 1 is 1.40 bits per heavy atom. The molecule has 1 aliphatic rings. The summed E-state index contributed by atoms with van der Waals surface area (Å²) in [4.78, 5) is 15.9. The van der Waals surface area contributed by atoms with Crippen LogP contribution < -0.4 is 10.6 Å². The standard InChI is InChI=1S/C18H21F2N3O2/c19-13-1-2-14(15(20)9-13)16-11-23-18(25-16)4-3-17(24)22-8-6-12-5-7-21-10-12/h1-2,9,11-12,21H,3-8,10H2,(H,22,24). The molecular formula is C18H21F2N3O2. The third-order valence-corrected chi connectivity index (χ3v) is 4.35. The predicted octanol–water partition coefficient (Wildman–Crippen LogP) is 2.67. The van der Waals surface area contributed by atoms with Crippen LogP contribution in [0.15, 0.2) is 28.8 Å². The Hall–Kier alpha value is -2.28. The predicted molar refractivity (Wildman–Crippen MR) is 88.8 cm³/mol.